The van der Waals surface area contributed by atoms with E-state index in [0.717, 1.165) is 30.0 Å². The number of nitrogens with zero attached hydrogens (tertiary/aromatic N) is 4. The quantitative estimate of drug-likeness (QED) is 0.514. The molecule has 0 spiro atoms. The number of nitrogens with two attached hydrogens (primary N) is 1. The third kappa shape index (κ3) is 2.63. The van der Waals surface area contributed by atoms with Crippen LogP contribution >= 0.6 is 0 Å². The van der Waals surface area contributed by atoms with Crippen molar-refractivity contribution in [3.63, 3.8) is 0 Å². The van der Waals surface area contributed by atoms with Crippen LogP contribution in [0.15, 0.2) is 12.5 Å². The Labute approximate surface area is 124 Å². The molecule has 0 bridgehead atoms. The molecule has 21 heavy (non-hydrogen) atoms. The first-order valence-corrected chi connectivity index (χ1v) is 7.59. The third-order valence-corrected chi connectivity index (χ3v) is 4.02. The Kier molecular flexibility index (Phi) is 3.88. The van der Waals surface area contributed by atoms with E-state index in [1.165, 1.54) is 24.8 Å². The van der Waals surface area contributed by atoms with Gasteiger partial charge in [-0.1, -0.05) is 6.42 Å². The van der Waals surface area contributed by atoms with Gasteiger partial charge >= 0.3 is 0 Å². The predicted octanol–water partition coefficient (Wildman–Crippen LogP) is 2.48. The minimum atomic E-state index is 0.319. The minimum Gasteiger partial charge on any atom is -0.325 e. The average molecular weight is 286 g/mol. The molecule has 3 rings (SSSR count). The Hall–Kier alpha value is -1.95. The molecule has 3 N–H and O–H groups in total. The number of hydrogen-bond acceptors (Lipinski definition) is 5. The number of hydrazine groups is 1. The van der Waals surface area contributed by atoms with E-state index in [-0.39, 0.29) is 0 Å². The van der Waals surface area contributed by atoms with E-state index in [9.17, 15) is 0 Å². The largest absolute Gasteiger partial charge is 0.325 e. The Morgan fingerprint density at radius 1 is 1.19 bits per heavy atom. The Bertz CT molecular complexity index is 631. The molecule has 0 aromatic carbocycles. The van der Waals surface area contributed by atoms with Crippen LogP contribution in [0, 0.1) is 0 Å². The summed E-state index contributed by atoms with van der Waals surface area (Å²) in [6.45, 7) is 4.24. The first-order valence-electron chi connectivity index (χ1n) is 7.59. The average Bonchev–Trinajstić information content (AvgIpc) is 2.85. The molecular weight excluding hydrogens is 264 g/mol. The maximum Gasteiger partial charge on any atom is 0.180 e. The highest BCUT2D eigenvalue weighted by atomic mass is 15.3. The fraction of sp³-hybridized carbons (Fsp3) is 0.533. The molecule has 0 amide bonds. The Balaban J connectivity index is 2.11. The van der Waals surface area contributed by atoms with Gasteiger partial charge in [-0.15, -0.1) is 0 Å². The molecule has 112 valence electrons. The number of anilines is 1. The molecule has 0 radical (unpaired) electrons. The number of imidazole rings is 1. The van der Waals surface area contributed by atoms with Crippen LogP contribution in [0.25, 0.3) is 11.5 Å². The van der Waals surface area contributed by atoms with Gasteiger partial charge in [-0.2, -0.15) is 0 Å². The highest BCUT2D eigenvalue weighted by molar-refractivity contribution is 5.56. The fourth-order valence-electron chi connectivity index (χ4n) is 2.89. The number of aryl methyl sites for hydroxylation is 1. The zero-order chi connectivity index (χ0) is 14.8. The topological polar surface area (TPSA) is 81.7 Å². The van der Waals surface area contributed by atoms with Crippen molar-refractivity contribution in [2.24, 2.45) is 5.84 Å². The van der Waals surface area contributed by atoms with Crippen molar-refractivity contribution in [2.45, 2.75) is 52.0 Å². The zero-order valence-corrected chi connectivity index (χ0v) is 12.6. The number of nitrogens with one attached hydrogen (secondary N) is 1. The van der Waals surface area contributed by atoms with E-state index in [0.29, 0.717) is 11.9 Å². The lowest BCUT2D eigenvalue weighted by Gasteiger charge is -2.15. The molecule has 6 nitrogen and oxygen atoms in total. The van der Waals surface area contributed by atoms with E-state index in [1.54, 1.807) is 0 Å². The standard InChI is InChI=1S/C15H22N6/c1-10(2)21-9-17-8-13(21)15-18-12-7-5-3-4-6-11(12)14(19-15)20-16/h8-10H,3-7,16H2,1-2H3,(H,18,19,20). The van der Waals surface area contributed by atoms with Crippen molar-refractivity contribution >= 4 is 5.82 Å². The summed E-state index contributed by atoms with van der Waals surface area (Å²) in [4.78, 5) is 13.7. The molecule has 0 fully saturated rings. The lowest BCUT2D eigenvalue weighted by molar-refractivity contribution is 0.603. The summed E-state index contributed by atoms with van der Waals surface area (Å²) < 4.78 is 2.08. The van der Waals surface area contributed by atoms with Crippen LogP contribution in [-0.4, -0.2) is 19.5 Å². The van der Waals surface area contributed by atoms with Gasteiger partial charge in [0, 0.05) is 17.3 Å². The maximum absolute atomic E-state index is 5.68. The van der Waals surface area contributed by atoms with Crippen LogP contribution in [0.3, 0.4) is 0 Å². The number of fused-ring (bicyclic) bond motifs is 1. The summed E-state index contributed by atoms with van der Waals surface area (Å²) in [6, 6.07) is 0.319. The van der Waals surface area contributed by atoms with Gasteiger partial charge in [0.2, 0.25) is 0 Å². The van der Waals surface area contributed by atoms with Crippen LogP contribution in [0.2, 0.25) is 0 Å². The molecular formula is C15H22N6. The van der Waals surface area contributed by atoms with Gasteiger partial charge in [-0.3, -0.25) is 0 Å². The second kappa shape index (κ2) is 5.81. The first-order chi connectivity index (χ1) is 10.2. The van der Waals surface area contributed by atoms with E-state index in [2.05, 4.69) is 33.8 Å². The summed E-state index contributed by atoms with van der Waals surface area (Å²) >= 11 is 0. The van der Waals surface area contributed by atoms with Gasteiger partial charge in [-0.05, 0) is 39.5 Å². The van der Waals surface area contributed by atoms with Crippen molar-refractivity contribution in [3.8, 4) is 11.5 Å². The highest BCUT2D eigenvalue weighted by Crippen LogP contribution is 2.28. The lowest BCUT2D eigenvalue weighted by Crippen LogP contribution is -2.15. The highest BCUT2D eigenvalue weighted by Gasteiger charge is 2.19. The van der Waals surface area contributed by atoms with E-state index >= 15 is 0 Å². The molecule has 1 aliphatic rings. The molecule has 2 aromatic heterocycles. The Morgan fingerprint density at radius 2 is 2.00 bits per heavy atom. The fourth-order valence-corrected chi connectivity index (χ4v) is 2.89. The third-order valence-electron chi connectivity index (χ3n) is 4.02. The smallest absolute Gasteiger partial charge is 0.180 e. The number of rotatable bonds is 3. The van der Waals surface area contributed by atoms with Crippen LogP contribution in [0.1, 0.15) is 50.4 Å². The molecule has 6 heteroatoms. The Morgan fingerprint density at radius 3 is 2.76 bits per heavy atom. The first kappa shape index (κ1) is 14.0. The van der Waals surface area contributed by atoms with Crippen molar-refractivity contribution in [1.29, 1.82) is 0 Å². The summed E-state index contributed by atoms with van der Waals surface area (Å²) in [5.41, 5.74) is 5.99. The van der Waals surface area contributed by atoms with Crippen LogP contribution in [0.4, 0.5) is 5.82 Å². The van der Waals surface area contributed by atoms with Crippen molar-refractivity contribution in [1.82, 2.24) is 19.5 Å². The van der Waals surface area contributed by atoms with Gasteiger partial charge in [0.15, 0.2) is 5.82 Å². The monoisotopic (exact) mass is 286 g/mol. The SMILES string of the molecule is CC(C)n1cncc1-c1nc2c(c(NN)n1)CCCCC2. The van der Waals surface area contributed by atoms with Gasteiger partial charge in [0.1, 0.15) is 11.5 Å². The number of hydrogen-bond donors (Lipinski definition) is 2. The number of aromatic nitrogens is 4. The molecule has 0 atom stereocenters. The molecule has 2 aromatic rings. The summed E-state index contributed by atoms with van der Waals surface area (Å²) in [5, 5.41) is 0. The van der Waals surface area contributed by atoms with Crippen molar-refractivity contribution in [2.75, 3.05) is 5.43 Å². The van der Waals surface area contributed by atoms with Crippen LogP contribution in [0.5, 0.6) is 0 Å². The van der Waals surface area contributed by atoms with Crippen molar-refractivity contribution in [3.05, 3.63) is 23.8 Å². The molecule has 1 aliphatic carbocycles. The minimum absolute atomic E-state index is 0.319. The summed E-state index contributed by atoms with van der Waals surface area (Å²) in [6.07, 6.45) is 9.22. The molecule has 0 saturated heterocycles. The molecule has 0 saturated carbocycles. The van der Waals surface area contributed by atoms with E-state index < -0.39 is 0 Å². The van der Waals surface area contributed by atoms with E-state index in [4.69, 9.17) is 10.8 Å². The van der Waals surface area contributed by atoms with Crippen LogP contribution in [-0.2, 0) is 12.8 Å². The maximum atomic E-state index is 5.68. The van der Waals surface area contributed by atoms with Gasteiger partial charge < -0.3 is 9.99 Å². The van der Waals surface area contributed by atoms with Gasteiger partial charge in [0.05, 0.1) is 12.5 Å². The summed E-state index contributed by atoms with van der Waals surface area (Å²) in [5.74, 6) is 7.14. The molecule has 0 unspecified atom stereocenters. The van der Waals surface area contributed by atoms with Gasteiger partial charge in [-0.25, -0.2) is 20.8 Å². The van der Waals surface area contributed by atoms with Crippen molar-refractivity contribution < 1.29 is 0 Å². The normalized spacial score (nSPS) is 14.9. The zero-order valence-electron chi connectivity index (χ0n) is 12.6. The van der Waals surface area contributed by atoms with Gasteiger partial charge in [0.25, 0.3) is 0 Å². The van der Waals surface area contributed by atoms with Crippen LogP contribution < -0.4 is 11.3 Å². The number of nitrogen functional groups attached to an aromatic ring is 1. The second-order valence-electron chi connectivity index (χ2n) is 5.81. The second-order valence-corrected chi connectivity index (χ2v) is 5.81. The summed E-state index contributed by atoms with van der Waals surface area (Å²) in [7, 11) is 0. The predicted molar refractivity (Wildman–Crippen MR) is 82.7 cm³/mol. The molecule has 0 aliphatic heterocycles. The lowest BCUT2D eigenvalue weighted by atomic mass is 10.1. The van der Waals surface area contributed by atoms with E-state index in [1.807, 2.05) is 12.5 Å². The molecule has 2 heterocycles.